The molecule has 1 N–H and O–H groups in total. The minimum Gasteiger partial charge on any atom is -0.453 e. The Bertz CT molecular complexity index is 651. The molecule has 3 nitrogen and oxygen atoms in total. The van der Waals surface area contributed by atoms with Crippen molar-refractivity contribution in [1.29, 1.82) is 0 Å². The number of carbonyl (C=O) groups excluding carboxylic acids is 1. The summed E-state index contributed by atoms with van der Waals surface area (Å²) in [5.74, 6) is 0.480. The van der Waals surface area contributed by atoms with E-state index in [-0.39, 0.29) is 11.5 Å². The predicted octanol–water partition coefficient (Wildman–Crippen LogP) is 4.21. The van der Waals surface area contributed by atoms with E-state index >= 15 is 0 Å². The molecular weight excluding hydrogens is 276 g/mol. The summed E-state index contributed by atoms with van der Waals surface area (Å²) in [6.07, 6.45) is 2.75. The molecule has 0 amide bonds. The van der Waals surface area contributed by atoms with Crippen LogP contribution in [0.5, 0.6) is 0 Å². The van der Waals surface area contributed by atoms with Crippen molar-refractivity contribution in [2.24, 2.45) is 5.92 Å². The number of aliphatic hydroxyl groups is 1. The second kappa shape index (κ2) is 4.90. The summed E-state index contributed by atoms with van der Waals surface area (Å²) in [5, 5.41) is 11.9. The molecule has 0 spiro atoms. The van der Waals surface area contributed by atoms with Crippen LogP contribution in [0.25, 0.3) is 11.0 Å². The number of ketones is 1. The molecule has 1 aromatic carbocycles. The number of hydrogen-bond acceptors (Lipinski definition) is 3. The van der Waals surface area contributed by atoms with Crippen LogP contribution < -0.4 is 0 Å². The molecule has 0 bridgehead atoms. The minimum absolute atomic E-state index is 0.222. The first-order valence-electron chi connectivity index (χ1n) is 6.94. The fourth-order valence-corrected chi connectivity index (χ4v) is 3.00. The highest BCUT2D eigenvalue weighted by Gasteiger charge is 2.40. The first kappa shape index (κ1) is 13.7. The topological polar surface area (TPSA) is 50.4 Å². The van der Waals surface area contributed by atoms with Gasteiger partial charge in [-0.15, -0.1) is 0 Å². The first-order chi connectivity index (χ1) is 9.48. The van der Waals surface area contributed by atoms with Crippen molar-refractivity contribution in [2.75, 3.05) is 0 Å². The van der Waals surface area contributed by atoms with Crippen molar-refractivity contribution in [1.82, 2.24) is 0 Å². The number of hydrogen-bond donors (Lipinski definition) is 1. The van der Waals surface area contributed by atoms with Gasteiger partial charge in [-0.05, 0) is 55.9 Å². The highest BCUT2D eigenvalue weighted by atomic mass is 35.5. The average molecular weight is 293 g/mol. The first-order valence-corrected chi connectivity index (χ1v) is 7.32. The maximum absolute atomic E-state index is 12.5. The van der Waals surface area contributed by atoms with Crippen molar-refractivity contribution in [3.8, 4) is 0 Å². The van der Waals surface area contributed by atoms with Gasteiger partial charge in [0.25, 0.3) is 0 Å². The Hall–Kier alpha value is -1.32. The molecule has 1 aliphatic carbocycles. The second-order valence-electron chi connectivity index (χ2n) is 5.84. The van der Waals surface area contributed by atoms with Gasteiger partial charge in [0.2, 0.25) is 5.78 Å². The zero-order valence-corrected chi connectivity index (χ0v) is 12.1. The molecule has 0 saturated heterocycles. The number of benzene rings is 1. The van der Waals surface area contributed by atoms with Gasteiger partial charge in [-0.2, -0.15) is 0 Å². The van der Waals surface area contributed by atoms with E-state index in [1.54, 1.807) is 24.3 Å². The zero-order valence-electron chi connectivity index (χ0n) is 11.4. The third-order valence-corrected chi connectivity index (χ3v) is 4.46. The van der Waals surface area contributed by atoms with E-state index in [1.807, 2.05) is 0 Å². The number of halogens is 1. The van der Waals surface area contributed by atoms with Crippen molar-refractivity contribution >= 4 is 28.4 Å². The molecule has 20 heavy (non-hydrogen) atoms. The normalized spacial score (nSPS) is 26.9. The molecule has 106 valence electrons. The largest absolute Gasteiger partial charge is 0.453 e. The molecule has 1 heterocycles. The van der Waals surface area contributed by atoms with Crippen LogP contribution in [0.4, 0.5) is 0 Å². The molecular formula is C16H17ClO3. The van der Waals surface area contributed by atoms with Gasteiger partial charge in [-0.3, -0.25) is 4.79 Å². The average Bonchev–Trinajstić information content (AvgIpc) is 2.84. The van der Waals surface area contributed by atoms with E-state index in [1.165, 1.54) is 0 Å². The zero-order chi connectivity index (χ0) is 14.3. The van der Waals surface area contributed by atoms with Gasteiger partial charge >= 0.3 is 0 Å². The van der Waals surface area contributed by atoms with E-state index < -0.39 is 5.60 Å². The van der Waals surface area contributed by atoms with Crippen LogP contribution in [0, 0.1) is 5.92 Å². The summed E-state index contributed by atoms with van der Waals surface area (Å²) in [6, 6.07) is 6.88. The fourth-order valence-electron chi connectivity index (χ4n) is 2.82. The Balaban J connectivity index is 1.92. The SMILES string of the molecule is CC1CCC(O)(C(=O)c2cc3cc(Cl)ccc3o2)CC1. The number of carbonyl (C=O) groups is 1. The Labute approximate surface area is 122 Å². The smallest absolute Gasteiger partial charge is 0.229 e. The van der Waals surface area contributed by atoms with Gasteiger partial charge in [0, 0.05) is 10.4 Å². The Morgan fingerprint density at radius 3 is 2.75 bits per heavy atom. The minimum atomic E-state index is -1.27. The van der Waals surface area contributed by atoms with E-state index in [0.29, 0.717) is 29.4 Å². The summed E-state index contributed by atoms with van der Waals surface area (Å²) in [6.45, 7) is 2.15. The predicted molar refractivity (Wildman–Crippen MR) is 78.1 cm³/mol. The molecule has 0 aliphatic heterocycles. The molecule has 1 fully saturated rings. The van der Waals surface area contributed by atoms with Crippen molar-refractivity contribution in [3.63, 3.8) is 0 Å². The number of furan rings is 1. The van der Waals surface area contributed by atoms with E-state index in [9.17, 15) is 9.90 Å². The van der Waals surface area contributed by atoms with E-state index in [2.05, 4.69) is 6.92 Å². The van der Waals surface area contributed by atoms with Gasteiger partial charge in [-0.1, -0.05) is 18.5 Å². The van der Waals surface area contributed by atoms with Crippen molar-refractivity contribution in [3.05, 3.63) is 35.0 Å². The molecule has 2 aromatic rings. The Morgan fingerprint density at radius 2 is 2.05 bits per heavy atom. The fraction of sp³-hybridized carbons (Fsp3) is 0.438. The van der Waals surface area contributed by atoms with Gasteiger partial charge in [0.05, 0.1) is 0 Å². The molecule has 1 saturated carbocycles. The van der Waals surface area contributed by atoms with Crippen LogP contribution in [0.3, 0.4) is 0 Å². The summed E-state index contributed by atoms with van der Waals surface area (Å²) in [4.78, 5) is 12.5. The Morgan fingerprint density at radius 1 is 1.35 bits per heavy atom. The molecule has 0 radical (unpaired) electrons. The van der Waals surface area contributed by atoms with E-state index in [4.69, 9.17) is 16.0 Å². The lowest BCUT2D eigenvalue weighted by atomic mass is 9.77. The summed E-state index contributed by atoms with van der Waals surface area (Å²) in [5.41, 5.74) is -0.657. The molecule has 1 aromatic heterocycles. The Kier molecular flexibility index (Phi) is 3.35. The lowest BCUT2D eigenvalue weighted by molar-refractivity contribution is 0.00223. The van der Waals surface area contributed by atoms with Gasteiger partial charge in [-0.25, -0.2) is 0 Å². The molecule has 0 unspecified atom stereocenters. The van der Waals surface area contributed by atoms with Gasteiger partial charge in [0.15, 0.2) is 5.76 Å². The summed E-state index contributed by atoms with van der Waals surface area (Å²) >= 11 is 5.92. The maximum Gasteiger partial charge on any atom is 0.229 e. The van der Waals surface area contributed by atoms with Gasteiger partial charge in [0.1, 0.15) is 11.2 Å². The van der Waals surface area contributed by atoms with Crippen LogP contribution in [0.15, 0.2) is 28.7 Å². The molecule has 0 atom stereocenters. The monoisotopic (exact) mass is 292 g/mol. The second-order valence-corrected chi connectivity index (χ2v) is 6.27. The third kappa shape index (κ3) is 2.36. The van der Waals surface area contributed by atoms with Crippen LogP contribution in [-0.2, 0) is 0 Å². The van der Waals surface area contributed by atoms with Crippen LogP contribution in [-0.4, -0.2) is 16.5 Å². The third-order valence-electron chi connectivity index (χ3n) is 4.23. The number of rotatable bonds is 2. The standard InChI is InChI=1S/C16H17ClO3/c1-10-4-6-16(19,7-5-10)15(18)14-9-11-8-12(17)2-3-13(11)20-14/h2-3,8-10,19H,4-7H2,1H3. The lowest BCUT2D eigenvalue weighted by Gasteiger charge is -2.32. The van der Waals surface area contributed by atoms with Crippen LogP contribution >= 0.6 is 11.6 Å². The van der Waals surface area contributed by atoms with Crippen LogP contribution in [0.2, 0.25) is 5.02 Å². The molecule has 1 aliphatic rings. The highest BCUT2D eigenvalue weighted by Crippen LogP contribution is 2.35. The maximum atomic E-state index is 12.5. The lowest BCUT2D eigenvalue weighted by Crippen LogP contribution is -2.41. The molecule has 3 rings (SSSR count). The summed E-state index contributed by atoms with van der Waals surface area (Å²) in [7, 11) is 0. The molecule has 4 heteroatoms. The van der Waals surface area contributed by atoms with Crippen molar-refractivity contribution in [2.45, 2.75) is 38.2 Å². The number of fused-ring (bicyclic) bond motifs is 1. The highest BCUT2D eigenvalue weighted by molar-refractivity contribution is 6.31. The van der Waals surface area contributed by atoms with E-state index in [0.717, 1.165) is 18.2 Å². The van der Waals surface area contributed by atoms with Crippen molar-refractivity contribution < 1.29 is 14.3 Å². The van der Waals surface area contributed by atoms with Crippen LogP contribution in [0.1, 0.15) is 43.2 Å². The quantitative estimate of drug-likeness (QED) is 0.844. The van der Waals surface area contributed by atoms with Gasteiger partial charge < -0.3 is 9.52 Å². The number of Topliss-reactive ketones (excluding diaryl/α,β-unsaturated/α-hetero) is 1. The summed E-state index contributed by atoms with van der Waals surface area (Å²) < 4.78 is 5.56.